The fraction of sp³-hybridized carbons (Fsp3) is 0.100. The van der Waals surface area contributed by atoms with E-state index in [-0.39, 0.29) is 0 Å². The van der Waals surface area contributed by atoms with Gasteiger partial charge >= 0.3 is 12.0 Å². The van der Waals surface area contributed by atoms with Crippen molar-refractivity contribution < 1.29 is 19.5 Å². The van der Waals surface area contributed by atoms with Crippen LogP contribution in [0.25, 0.3) is 0 Å². The Kier molecular flexibility index (Phi) is 4.94. The van der Waals surface area contributed by atoms with Gasteiger partial charge < -0.3 is 10.4 Å². The Bertz CT molecular complexity index is 461. The summed E-state index contributed by atoms with van der Waals surface area (Å²) in [6.07, 6.45) is 0. The molecule has 0 bridgehead atoms. The topological polar surface area (TPSA) is 108 Å². The van der Waals surface area contributed by atoms with Crippen molar-refractivity contribution in [2.45, 2.75) is 0 Å². The number of amides is 3. The highest BCUT2D eigenvalue weighted by atomic mass is 35.5. The first-order chi connectivity index (χ1) is 8.49. The third kappa shape index (κ3) is 4.71. The molecule has 0 aliphatic heterocycles. The van der Waals surface area contributed by atoms with E-state index in [1.165, 1.54) is 24.3 Å². The molecule has 0 saturated carbocycles. The SMILES string of the molecule is O=C(O)CNC(=O)NNC(=O)c1ccc(Cl)cc1. The first-order valence-corrected chi connectivity index (χ1v) is 5.18. The minimum Gasteiger partial charge on any atom is -0.480 e. The number of halogens is 1. The summed E-state index contributed by atoms with van der Waals surface area (Å²) in [7, 11) is 0. The second-order valence-electron chi connectivity index (χ2n) is 3.16. The summed E-state index contributed by atoms with van der Waals surface area (Å²) in [6, 6.07) is 5.20. The zero-order valence-electron chi connectivity index (χ0n) is 9.07. The van der Waals surface area contributed by atoms with E-state index in [2.05, 4.69) is 5.43 Å². The van der Waals surface area contributed by atoms with Crippen LogP contribution >= 0.6 is 11.6 Å². The van der Waals surface area contributed by atoms with Gasteiger partial charge in [-0.3, -0.25) is 15.0 Å². The van der Waals surface area contributed by atoms with Gasteiger partial charge in [0, 0.05) is 10.6 Å². The van der Waals surface area contributed by atoms with E-state index in [0.29, 0.717) is 10.6 Å². The average molecular weight is 272 g/mol. The Labute approximate surface area is 107 Å². The monoisotopic (exact) mass is 271 g/mol. The molecule has 0 spiro atoms. The summed E-state index contributed by atoms with van der Waals surface area (Å²) < 4.78 is 0. The number of nitrogens with one attached hydrogen (secondary N) is 3. The smallest absolute Gasteiger partial charge is 0.333 e. The van der Waals surface area contributed by atoms with Crippen LogP contribution in [0.15, 0.2) is 24.3 Å². The molecule has 0 aromatic heterocycles. The zero-order chi connectivity index (χ0) is 13.5. The van der Waals surface area contributed by atoms with Crippen molar-refractivity contribution in [2.75, 3.05) is 6.54 Å². The largest absolute Gasteiger partial charge is 0.480 e. The number of carboxylic acid groups (broad SMARTS) is 1. The second-order valence-corrected chi connectivity index (χ2v) is 3.60. The number of carbonyl (C=O) groups is 3. The van der Waals surface area contributed by atoms with Crippen LogP contribution in [0.3, 0.4) is 0 Å². The minimum absolute atomic E-state index is 0.304. The number of benzene rings is 1. The van der Waals surface area contributed by atoms with Crippen molar-refractivity contribution in [3.63, 3.8) is 0 Å². The number of hydrogen-bond acceptors (Lipinski definition) is 3. The maximum absolute atomic E-state index is 11.5. The highest BCUT2D eigenvalue weighted by Gasteiger charge is 2.07. The summed E-state index contributed by atoms with van der Waals surface area (Å²) in [5, 5.41) is 10.8. The first-order valence-electron chi connectivity index (χ1n) is 4.80. The Hall–Kier alpha value is -2.28. The maximum Gasteiger partial charge on any atom is 0.333 e. The Balaban J connectivity index is 2.39. The quantitative estimate of drug-likeness (QED) is 0.596. The molecule has 0 atom stereocenters. The van der Waals surface area contributed by atoms with E-state index in [0.717, 1.165) is 0 Å². The molecule has 96 valence electrons. The van der Waals surface area contributed by atoms with Crippen LogP contribution < -0.4 is 16.2 Å². The molecule has 0 saturated heterocycles. The number of hydrazine groups is 1. The molecule has 1 aromatic carbocycles. The molecule has 7 nitrogen and oxygen atoms in total. The van der Waals surface area contributed by atoms with Crippen LogP contribution in [0.1, 0.15) is 10.4 Å². The Morgan fingerprint density at radius 2 is 1.72 bits per heavy atom. The number of rotatable bonds is 3. The zero-order valence-corrected chi connectivity index (χ0v) is 9.82. The molecule has 0 heterocycles. The Morgan fingerprint density at radius 1 is 1.11 bits per heavy atom. The molecule has 18 heavy (non-hydrogen) atoms. The summed E-state index contributed by atoms with van der Waals surface area (Å²) in [6.45, 7) is -0.539. The van der Waals surface area contributed by atoms with Gasteiger partial charge in [0.2, 0.25) is 0 Å². The van der Waals surface area contributed by atoms with Crippen LogP contribution in [0, 0.1) is 0 Å². The first kappa shape index (κ1) is 13.8. The fourth-order valence-electron chi connectivity index (χ4n) is 0.987. The van der Waals surface area contributed by atoms with Gasteiger partial charge in [-0.1, -0.05) is 11.6 Å². The summed E-state index contributed by atoms with van der Waals surface area (Å²) in [5.74, 6) is -1.73. The van der Waals surface area contributed by atoms with Crippen LogP contribution in [0.2, 0.25) is 5.02 Å². The van der Waals surface area contributed by atoms with Crippen LogP contribution in [0.5, 0.6) is 0 Å². The minimum atomic E-state index is -1.19. The molecule has 1 aromatic rings. The number of carbonyl (C=O) groups excluding carboxylic acids is 2. The lowest BCUT2D eigenvalue weighted by Crippen LogP contribution is -2.48. The van der Waals surface area contributed by atoms with Crippen molar-refractivity contribution >= 4 is 29.5 Å². The lowest BCUT2D eigenvalue weighted by atomic mass is 10.2. The van der Waals surface area contributed by atoms with Gasteiger partial charge in [-0.25, -0.2) is 10.2 Å². The third-order valence-electron chi connectivity index (χ3n) is 1.80. The van der Waals surface area contributed by atoms with Gasteiger partial charge in [0.05, 0.1) is 0 Å². The van der Waals surface area contributed by atoms with Gasteiger partial charge in [-0.05, 0) is 24.3 Å². The number of hydrogen-bond donors (Lipinski definition) is 4. The summed E-state index contributed by atoms with van der Waals surface area (Å²) in [4.78, 5) is 32.7. The van der Waals surface area contributed by atoms with Gasteiger partial charge in [0.15, 0.2) is 0 Å². The standard InChI is InChI=1S/C10H10ClN3O4/c11-7-3-1-6(2-4-7)9(17)13-14-10(18)12-5-8(15)16/h1-4H,5H2,(H,13,17)(H,15,16)(H2,12,14,18). The summed E-state index contributed by atoms with van der Waals surface area (Å²) >= 11 is 5.65. The van der Waals surface area contributed by atoms with E-state index in [1.54, 1.807) is 0 Å². The molecule has 8 heteroatoms. The lowest BCUT2D eigenvalue weighted by molar-refractivity contribution is -0.135. The highest BCUT2D eigenvalue weighted by Crippen LogP contribution is 2.08. The number of aliphatic carboxylic acids is 1. The van der Waals surface area contributed by atoms with Crippen LogP contribution in [0.4, 0.5) is 4.79 Å². The summed E-state index contributed by atoms with van der Waals surface area (Å²) in [5.41, 5.74) is 4.41. The van der Waals surface area contributed by atoms with Crippen LogP contribution in [-0.4, -0.2) is 29.6 Å². The molecule has 0 aliphatic carbocycles. The van der Waals surface area contributed by atoms with E-state index in [1.807, 2.05) is 10.7 Å². The van der Waals surface area contributed by atoms with Gasteiger partial charge in [-0.2, -0.15) is 0 Å². The van der Waals surface area contributed by atoms with Gasteiger partial charge in [0.1, 0.15) is 6.54 Å². The average Bonchev–Trinajstić information content (AvgIpc) is 2.34. The predicted molar refractivity (Wildman–Crippen MR) is 63.1 cm³/mol. The van der Waals surface area contributed by atoms with E-state index < -0.39 is 24.5 Å². The highest BCUT2D eigenvalue weighted by molar-refractivity contribution is 6.30. The fourth-order valence-corrected chi connectivity index (χ4v) is 1.11. The molecule has 3 amide bonds. The molecule has 4 N–H and O–H groups in total. The van der Waals surface area contributed by atoms with Crippen molar-refractivity contribution in [3.8, 4) is 0 Å². The molecule has 0 fully saturated rings. The van der Waals surface area contributed by atoms with Gasteiger partial charge in [0.25, 0.3) is 5.91 Å². The normalized spacial score (nSPS) is 9.39. The lowest BCUT2D eigenvalue weighted by Gasteiger charge is -2.07. The predicted octanol–water partition coefficient (Wildman–Crippen LogP) is 0.369. The number of carboxylic acids is 1. The molecular weight excluding hydrogens is 262 g/mol. The van der Waals surface area contributed by atoms with Crippen LogP contribution in [-0.2, 0) is 4.79 Å². The van der Waals surface area contributed by atoms with Crippen molar-refractivity contribution in [2.24, 2.45) is 0 Å². The second kappa shape index (κ2) is 6.45. The molecule has 0 aliphatic rings. The molecule has 1 rings (SSSR count). The van der Waals surface area contributed by atoms with Crippen molar-refractivity contribution in [1.82, 2.24) is 16.2 Å². The van der Waals surface area contributed by atoms with Crippen molar-refractivity contribution in [1.29, 1.82) is 0 Å². The van der Waals surface area contributed by atoms with E-state index in [9.17, 15) is 14.4 Å². The van der Waals surface area contributed by atoms with Gasteiger partial charge in [-0.15, -0.1) is 0 Å². The molecule has 0 unspecified atom stereocenters. The maximum atomic E-state index is 11.5. The Morgan fingerprint density at radius 3 is 2.28 bits per heavy atom. The molecule has 0 radical (unpaired) electrons. The van der Waals surface area contributed by atoms with Crippen molar-refractivity contribution in [3.05, 3.63) is 34.9 Å². The molecular formula is C10H10ClN3O4. The third-order valence-corrected chi connectivity index (χ3v) is 2.05. The number of urea groups is 1. The van der Waals surface area contributed by atoms with E-state index in [4.69, 9.17) is 16.7 Å². The van der Waals surface area contributed by atoms with E-state index >= 15 is 0 Å².